The Bertz CT molecular complexity index is 661. The minimum absolute atomic E-state index is 0.242. The summed E-state index contributed by atoms with van der Waals surface area (Å²) in [5, 5.41) is 12.2. The molecule has 0 unspecified atom stereocenters. The number of primary sulfonamides is 1. The molecule has 0 aliphatic heterocycles. The fraction of sp³-hybridized carbons (Fsp3) is 0.200. The van der Waals surface area contributed by atoms with Crippen molar-refractivity contribution in [2.45, 2.75) is 12.1 Å². The molecule has 0 aliphatic rings. The van der Waals surface area contributed by atoms with Crippen LogP contribution in [0.1, 0.15) is 5.56 Å². The topological polar surface area (TPSA) is 90.9 Å². The minimum atomic E-state index is -3.84. The van der Waals surface area contributed by atoms with Gasteiger partial charge in [0.05, 0.1) is 0 Å². The van der Waals surface area contributed by atoms with E-state index < -0.39 is 10.0 Å². The largest absolute Gasteiger partial charge is 0.300 e. The van der Waals surface area contributed by atoms with Gasteiger partial charge in [0.1, 0.15) is 0 Å². The molecular formula is C10H12N4O2S. The van der Waals surface area contributed by atoms with E-state index in [1.54, 1.807) is 7.05 Å². The molecule has 0 aliphatic carbocycles. The van der Waals surface area contributed by atoms with Gasteiger partial charge in [0.25, 0.3) is 15.2 Å². The van der Waals surface area contributed by atoms with Crippen LogP contribution in [-0.4, -0.2) is 23.2 Å². The molecule has 17 heavy (non-hydrogen) atoms. The van der Waals surface area contributed by atoms with Crippen LogP contribution >= 0.6 is 0 Å². The third kappa shape index (κ3) is 2.20. The first-order valence-electron chi connectivity index (χ1n) is 4.89. The van der Waals surface area contributed by atoms with Gasteiger partial charge in [-0.25, -0.2) is 13.6 Å². The highest BCUT2D eigenvalue weighted by Crippen LogP contribution is 2.19. The number of nitrogens with two attached hydrogens (primary N) is 1. The van der Waals surface area contributed by atoms with Crippen molar-refractivity contribution in [3.63, 3.8) is 0 Å². The molecule has 0 spiro atoms. The van der Waals surface area contributed by atoms with Crippen molar-refractivity contribution in [2.75, 3.05) is 0 Å². The Labute approximate surface area is 99.1 Å². The number of hydrogen-bond acceptors (Lipinski definition) is 4. The Hall–Kier alpha value is -1.73. The van der Waals surface area contributed by atoms with Crippen molar-refractivity contribution in [3.05, 3.63) is 29.8 Å². The van der Waals surface area contributed by atoms with Crippen molar-refractivity contribution in [1.29, 1.82) is 0 Å². The number of nitrogens with zero attached hydrogens (tertiary/aromatic N) is 3. The van der Waals surface area contributed by atoms with Crippen molar-refractivity contribution >= 4 is 10.0 Å². The lowest BCUT2D eigenvalue weighted by Gasteiger charge is -2.03. The fourth-order valence-corrected chi connectivity index (χ4v) is 2.22. The summed E-state index contributed by atoms with van der Waals surface area (Å²) >= 11 is 0. The van der Waals surface area contributed by atoms with Crippen molar-refractivity contribution in [3.8, 4) is 11.4 Å². The SMILES string of the molecule is Cc1cccc(-c2nnc(S(N)(=O)=O)n2C)c1. The number of aromatic nitrogens is 3. The minimum Gasteiger partial charge on any atom is -0.300 e. The summed E-state index contributed by atoms with van der Waals surface area (Å²) < 4.78 is 23.8. The van der Waals surface area contributed by atoms with Gasteiger partial charge in [-0.2, -0.15) is 0 Å². The maximum atomic E-state index is 11.2. The van der Waals surface area contributed by atoms with Gasteiger partial charge >= 0.3 is 0 Å². The predicted octanol–water partition coefficient (Wildman–Crippen LogP) is 0.438. The molecule has 90 valence electrons. The molecule has 6 nitrogen and oxygen atoms in total. The molecule has 1 aromatic carbocycles. The molecule has 7 heteroatoms. The summed E-state index contributed by atoms with van der Waals surface area (Å²) in [6.07, 6.45) is 0. The average Bonchev–Trinajstić information content (AvgIpc) is 2.59. The first-order chi connectivity index (χ1) is 7.89. The lowest BCUT2D eigenvalue weighted by molar-refractivity contribution is 0.580. The van der Waals surface area contributed by atoms with Crippen LogP contribution in [0.15, 0.2) is 29.4 Å². The molecule has 2 rings (SSSR count). The van der Waals surface area contributed by atoms with Gasteiger partial charge in [0, 0.05) is 12.6 Å². The second-order valence-electron chi connectivity index (χ2n) is 3.78. The van der Waals surface area contributed by atoms with Gasteiger partial charge in [0.15, 0.2) is 5.82 Å². The van der Waals surface area contributed by atoms with Crippen LogP contribution in [0.25, 0.3) is 11.4 Å². The molecule has 2 aromatic rings. The van der Waals surface area contributed by atoms with E-state index in [9.17, 15) is 8.42 Å². The van der Waals surface area contributed by atoms with Gasteiger partial charge in [-0.15, -0.1) is 10.2 Å². The van der Waals surface area contributed by atoms with Gasteiger partial charge in [-0.05, 0) is 13.0 Å². The van der Waals surface area contributed by atoms with Gasteiger partial charge < -0.3 is 0 Å². The van der Waals surface area contributed by atoms with Crippen LogP contribution in [0.4, 0.5) is 0 Å². The molecule has 0 atom stereocenters. The number of rotatable bonds is 2. The van der Waals surface area contributed by atoms with Crippen LogP contribution in [0.5, 0.6) is 0 Å². The van der Waals surface area contributed by atoms with E-state index in [1.165, 1.54) is 4.57 Å². The Morgan fingerprint density at radius 1 is 1.29 bits per heavy atom. The van der Waals surface area contributed by atoms with Crippen LogP contribution < -0.4 is 5.14 Å². The van der Waals surface area contributed by atoms with Gasteiger partial charge in [0.2, 0.25) is 0 Å². The number of aryl methyl sites for hydroxylation is 1. The smallest absolute Gasteiger partial charge is 0.273 e. The second kappa shape index (κ2) is 3.94. The molecule has 1 aromatic heterocycles. The van der Waals surface area contributed by atoms with Crippen LogP contribution in [-0.2, 0) is 17.1 Å². The Morgan fingerprint density at radius 2 is 2.00 bits per heavy atom. The molecule has 0 radical (unpaired) electrons. The van der Waals surface area contributed by atoms with E-state index in [4.69, 9.17) is 5.14 Å². The lowest BCUT2D eigenvalue weighted by atomic mass is 10.1. The van der Waals surface area contributed by atoms with E-state index in [0.717, 1.165) is 11.1 Å². The van der Waals surface area contributed by atoms with Crippen molar-refractivity contribution < 1.29 is 8.42 Å². The lowest BCUT2D eigenvalue weighted by Crippen LogP contribution is -2.17. The summed E-state index contributed by atoms with van der Waals surface area (Å²) in [6.45, 7) is 1.94. The monoisotopic (exact) mass is 252 g/mol. The standard InChI is InChI=1S/C10H12N4O2S/c1-7-4-3-5-8(6-7)9-12-13-10(14(9)2)17(11,15)16/h3-6H,1-2H3,(H2,11,15,16). The molecule has 0 amide bonds. The van der Waals surface area contributed by atoms with Crippen LogP contribution in [0.3, 0.4) is 0 Å². The number of sulfonamides is 1. The first-order valence-corrected chi connectivity index (χ1v) is 6.43. The average molecular weight is 252 g/mol. The quantitative estimate of drug-likeness (QED) is 0.839. The van der Waals surface area contributed by atoms with Gasteiger partial charge in [-0.1, -0.05) is 23.8 Å². The number of benzene rings is 1. The normalized spacial score (nSPS) is 11.7. The summed E-state index contributed by atoms with van der Waals surface area (Å²) in [6, 6.07) is 7.55. The van der Waals surface area contributed by atoms with E-state index >= 15 is 0 Å². The Balaban J connectivity index is 2.60. The van der Waals surface area contributed by atoms with Crippen molar-refractivity contribution in [1.82, 2.24) is 14.8 Å². The van der Waals surface area contributed by atoms with E-state index in [0.29, 0.717) is 5.82 Å². The number of hydrogen-bond donors (Lipinski definition) is 1. The Kier molecular flexibility index (Phi) is 2.72. The van der Waals surface area contributed by atoms with E-state index in [1.807, 2.05) is 31.2 Å². The zero-order valence-corrected chi connectivity index (χ0v) is 10.3. The zero-order valence-electron chi connectivity index (χ0n) is 9.45. The molecule has 1 heterocycles. The molecule has 0 saturated carbocycles. The van der Waals surface area contributed by atoms with Crippen LogP contribution in [0.2, 0.25) is 0 Å². The molecule has 0 saturated heterocycles. The summed E-state index contributed by atoms with van der Waals surface area (Å²) in [5.74, 6) is 0.470. The van der Waals surface area contributed by atoms with Crippen molar-refractivity contribution in [2.24, 2.45) is 12.2 Å². The molecule has 0 fully saturated rings. The predicted molar refractivity (Wildman–Crippen MR) is 62.5 cm³/mol. The molecular weight excluding hydrogens is 240 g/mol. The highest BCUT2D eigenvalue weighted by Gasteiger charge is 2.19. The highest BCUT2D eigenvalue weighted by molar-refractivity contribution is 7.89. The maximum absolute atomic E-state index is 11.2. The summed E-state index contributed by atoms with van der Waals surface area (Å²) in [5.41, 5.74) is 1.86. The van der Waals surface area contributed by atoms with Gasteiger partial charge in [-0.3, -0.25) is 4.57 Å². The fourth-order valence-electron chi connectivity index (χ4n) is 1.60. The second-order valence-corrected chi connectivity index (χ2v) is 5.23. The highest BCUT2D eigenvalue weighted by atomic mass is 32.2. The first kappa shape index (κ1) is 11.7. The molecule has 2 N–H and O–H groups in total. The Morgan fingerprint density at radius 3 is 2.53 bits per heavy atom. The summed E-state index contributed by atoms with van der Waals surface area (Å²) in [4.78, 5) is 0. The maximum Gasteiger partial charge on any atom is 0.273 e. The van der Waals surface area contributed by atoms with E-state index in [-0.39, 0.29) is 5.16 Å². The van der Waals surface area contributed by atoms with Crippen LogP contribution in [0, 0.1) is 6.92 Å². The third-order valence-corrected chi connectivity index (χ3v) is 3.23. The summed E-state index contributed by atoms with van der Waals surface area (Å²) in [7, 11) is -2.27. The van der Waals surface area contributed by atoms with E-state index in [2.05, 4.69) is 10.2 Å². The molecule has 0 bridgehead atoms. The zero-order chi connectivity index (χ0) is 12.6. The third-order valence-electron chi connectivity index (χ3n) is 2.37.